The summed E-state index contributed by atoms with van der Waals surface area (Å²) >= 11 is 3.31. The lowest BCUT2D eigenvalue weighted by Gasteiger charge is -2.30. The normalized spacial score (nSPS) is 14.0. The van der Waals surface area contributed by atoms with E-state index in [9.17, 15) is 9.50 Å². The molecule has 0 bridgehead atoms. The Morgan fingerprint density at radius 2 is 2.23 bits per heavy atom. The third-order valence-corrected chi connectivity index (χ3v) is 4.05. The van der Waals surface area contributed by atoms with Crippen LogP contribution in [0.4, 0.5) is 15.9 Å². The second-order valence-corrected chi connectivity index (χ2v) is 6.57. The van der Waals surface area contributed by atoms with Crippen LogP contribution in [0.25, 0.3) is 11.0 Å². The van der Waals surface area contributed by atoms with Crippen molar-refractivity contribution >= 4 is 38.5 Å². The predicted octanol–water partition coefficient (Wildman–Crippen LogP) is 3.47. The van der Waals surface area contributed by atoms with Crippen molar-refractivity contribution < 1.29 is 9.50 Å². The Morgan fingerprint density at radius 3 is 2.86 bits per heavy atom. The molecule has 120 valence electrons. The zero-order valence-electron chi connectivity index (χ0n) is 12.7. The van der Waals surface area contributed by atoms with Gasteiger partial charge in [-0.2, -0.15) is 0 Å². The van der Waals surface area contributed by atoms with Gasteiger partial charge in [0, 0.05) is 10.7 Å². The third kappa shape index (κ3) is 3.47. The van der Waals surface area contributed by atoms with Gasteiger partial charge in [0.2, 0.25) is 0 Å². The molecule has 0 aliphatic carbocycles. The first-order chi connectivity index (χ1) is 10.4. The van der Waals surface area contributed by atoms with Crippen LogP contribution in [0.1, 0.15) is 33.1 Å². The zero-order chi connectivity index (χ0) is 16.3. The van der Waals surface area contributed by atoms with E-state index in [4.69, 9.17) is 5.73 Å². The molecule has 0 fully saturated rings. The number of aliphatic hydroxyl groups is 1. The Bertz CT molecular complexity index is 682. The number of fused-ring (bicyclic) bond motifs is 1. The molecule has 2 rings (SSSR count). The predicted molar refractivity (Wildman–Crippen MR) is 90.2 cm³/mol. The monoisotopic (exact) mass is 370 g/mol. The van der Waals surface area contributed by atoms with Gasteiger partial charge >= 0.3 is 0 Å². The molecule has 0 saturated carbocycles. The summed E-state index contributed by atoms with van der Waals surface area (Å²) in [5, 5.41) is 12.8. The minimum Gasteiger partial charge on any atom is -0.394 e. The van der Waals surface area contributed by atoms with Crippen molar-refractivity contribution in [1.82, 2.24) is 9.97 Å². The van der Waals surface area contributed by atoms with E-state index in [2.05, 4.69) is 38.1 Å². The summed E-state index contributed by atoms with van der Waals surface area (Å²) in [7, 11) is 0. The largest absolute Gasteiger partial charge is 0.394 e. The number of anilines is 2. The van der Waals surface area contributed by atoms with Crippen LogP contribution in [0.2, 0.25) is 0 Å². The van der Waals surface area contributed by atoms with Crippen molar-refractivity contribution in [2.24, 2.45) is 0 Å². The highest BCUT2D eigenvalue weighted by Gasteiger charge is 2.26. The van der Waals surface area contributed by atoms with E-state index in [-0.39, 0.29) is 18.1 Å². The molecule has 0 saturated heterocycles. The lowest BCUT2D eigenvalue weighted by atomic mass is 9.95. The Labute approximate surface area is 137 Å². The van der Waals surface area contributed by atoms with Crippen LogP contribution in [0.5, 0.6) is 0 Å². The van der Waals surface area contributed by atoms with E-state index in [1.807, 2.05) is 6.92 Å². The third-order valence-electron chi connectivity index (χ3n) is 3.61. The average Bonchev–Trinajstić information content (AvgIpc) is 2.49. The molecule has 0 aliphatic heterocycles. The number of unbranched alkanes of at least 4 members (excludes halogenated alkanes) is 1. The van der Waals surface area contributed by atoms with Crippen LogP contribution in [0.3, 0.4) is 0 Å². The van der Waals surface area contributed by atoms with E-state index in [1.54, 1.807) is 12.3 Å². The van der Waals surface area contributed by atoms with E-state index in [0.717, 1.165) is 17.3 Å². The number of nitrogens with one attached hydrogen (secondary N) is 1. The summed E-state index contributed by atoms with van der Waals surface area (Å²) in [5.74, 6) is -0.829. The molecule has 2 aromatic rings. The first kappa shape index (κ1) is 16.9. The van der Waals surface area contributed by atoms with Crippen LogP contribution in [-0.2, 0) is 0 Å². The fourth-order valence-corrected chi connectivity index (χ4v) is 2.60. The van der Waals surface area contributed by atoms with Gasteiger partial charge in [-0.15, -0.1) is 0 Å². The van der Waals surface area contributed by atoms with Gasteiger partial charge in [-0.3, -0.25) is 4.98 Å². The topological polar surface area (TPSA) is 84.1 Å². The summed E-state index contributed by atoms with van der Waals surface area (Å²) in [4.78, 5) is 8.25. The Hall–Kier alpha value is -1.47. The van der Waals surface area contributed by atoms with Crippen molar-refractivity contribution in [3.05, 3.63) is 22.6 Å². The molecule has 2 aromatic heterocycles. The van der Waals surface area contributed by atoms with E-state index >= 15 is 0 Å². The van der Waals surface area contributed by atoms with E-state index < -0.39 is 11.4 Å². The average molecular weight is 371 g/mol. The van der Waals surface area contributed by atoms with Crippen LogP contribution >= 0.6 is 15.9 Å². The number of hydrogen-bond acceptors (Lipinski definition) is 5. The summed E-state index contributed by atoms with van der Waals surface area (Å²) in [5.41, 5.74) is 6.09. The second-order valence-electron chi connectivity index (χ2n) is 5.65. The number of nitrogens with two attached hydrogens (primary N) is 1. The summed E-state index contributed by atoms with van der Waals surface area (Å²) in [6.07, 6.45) is 4.19. The Morgan fingerprint density at radius 1 is 1.50 bits per heavy atom. The molecule has 0 aromatic carbocycles. The highest BCUT2D eigenvalue weighted by Crippen LogP contribution is 2.31. The fraction of sp³-hybridized carbons (Fsp3) is 0.467. The molecule has 1 unspecified atom stereocenters. The fourth-order valence-electron chi connectivity index (χ4n) is 2.28. The maximum absolute atomic E-state index is 14.4. The number of pyridine rings is 2. The minimum atomic E-state index is -0.647. The quantitative estimate of drug-likeness (QED) is 0.724. The van der Waals surface area contributed by atoms with Crippen LogP contribution < -0.4 is 11.1 Å². The van der Waals surface area contributed by atoms with Crippen molar-refractivity contribution in [2.45, 2.75) is 38.6 Å². The second kappa shape index (κ2) is 6.75. The van der Waals surface area contributed by atoms with Crippen LogP contribution in [-0.4, -0.2) is 27.2 Å². The van der Waals surface area contributed by atoms with Crippen LogP contribution in [0.15, 0.2) is 16.7 Å². The number of nitrogen functional groups attached to an aromatic ring is 1. The molecule has 7 heteroatoms. The lowest BCUT2D eigenvalue weighted by Crippen LogP contribution is -2.39. The Balaban J connectivity index is 2.51. The molecule has 2 heterocycles. The smallest absolute Gasteiger partial charge is 0.190 e. The summed E-state index contributed by atoms with van der Waals surface area (Å²) in [6, 6.07) is 1.73. The number of halogens is 2. The Kier molecular flexibility index (Phi) is 5.18. The highest BCUT2D eigenvalue weighted by atomic mass is 79.9. The van der Waals surface area contributed by atoms with E-state index in [0.29, 0.717) is 17.5 Å². The number of aromatic nitrogens is 2. The van der Waals surface area contributed by atoms with Gasteiger partial charge < -0.3 is 16.2 Å². The molecule has 0 radical (unpaired) electrons. The molecule has 0 aliphatic rings. The molecular weight excluding hydrogens is 351 g/mol. The standard InChI is InChI=1S/C15H20BrFN4O/c1-3-4-5-15(2,8-22)21-13-11(17)14(18)20-10-6-9(16)7-19-12(10)13/h6-7,22H,3-5,8H2,1-2H3,(H3,18,20,21). The van der Waals surface area contributed by atoms with Gasteiger partial charge in [0.05, 0.1) is 17.7 Å². The number of aliphatic hydroxyl groups excluding tert-OH is 1. The first-order valence-electron chi connectivity index (χ1n) is 7.19. The molecule has 0 amide bonds. The molecule has 0 spiro atoms. The SMILES string of the molecule is CCCCC(C)(CO)Nc1c(F)c(N)nc2cc(Br)cnc12. The van der Waals surface area contributed by atoms with Crippen molar-refractivity contribution in [1.29, 1.82) is 0 Å². The zero-order valence-corrected chi connectivity index (χ0v) is 14.2. The van der Waals surface area contributed by atoms with Gasteiger partial charge in [0.1, 0.15) is 11.2 Å². The van der Waals surface area contributed by atoms with Gasteiger partial charge in [-0.1, -0.05) is 19.8 Å². The maximum atomic E-state index is 14.4. The van der Waals surface area contributed by atoms with Crippen molar-refractivity contribution in [2.75, 3.05) is 17.7 Å². The molecule has 5 nitrogen and oxygen atoms in total. The maximum Gasteiger partial charge on any atom is 0.190 e. The minimum absolute atomic E-state index is 0.118. The van der Waals surface area contributed by atoms with Gasteiger partial charge in [-0.25, -0.2) is 9.37 Å². The van der Waals surface area contributed by atoms with Gasteiger partial charge in [0.15, 0.2) is 11.6 Å². The molecule has 1 atom stereocenters. The molecular formula is C15H20BrFN4O. The lowest BCUT2D eigenvalue weighted by molar-refractivity contribution is 0.212. The van der Waals surface area contributed by atoms with Gasteiger partial charge in [0.25, 0.3) is 0 Å². The van der Waals surface area contributed by atoms with Crippen molar-refractivity contribution in [3.63, 3.8) is 0 Å². The molecule has 22 heavy (non-hydrogen) atoms. The highest BCUT2D eigenvalue weighted by molar-refractivity contribution is 9.10. The number of hydrogen-bond donors (Lipinski definition) is 3. The molecule has 4 N–H and O–H groups in total. The number of rotatable bonds is 6. The summed E-state index contributed by atoms with van der Waals surface area (Å²) in [6.45, 7) is 3.80. The van der Waals surface area contributed by atoms with Crippen LogP contribution in [0, 0.1) is 5.82 Å². The van der Waals surface area contributed by atoms with E-state index in [1.165, 1.54) is 0 Å². The van der Waals surface area contributed by atoms with Crippen molar-refractivity contribution in [3.8, 4) is 0 Å². The summed E-state index contributed by atoms with van der Waals surface area (Å²) < 4.78 is 15.2. The number of nitrogens with zero attached hydrogens (tertiary/aromatic N) is 2. The van der Waals surface area contributed by atoms with Gasteiger partial charge in [-0.05, 0) is 35.3 Å². The first-order valence-corrected chi connectivity index (χ1v) is 7.99.